The Morgan fingerprint density at radius 1 is 1.25 bits per heavy atom. The number of hydrogen-bond donors (Lipinski definition) is 0. The third-order valence-corrected chi connectivity index (χ3v) is 2.00. The van der Waals surface area contributed by atoms with Crippen molar-refractivity contribution in [3.63, 3.8) is 0 Å². The number of rotatable bonds is 0. The summed E-state index contributed by atoms with van der Waals surface area (Å²) < 4.78 is 5.28. The fourth-order valence-electron chi connectivity index (χ4n) is 1.19. The number of ether oxygens (including phenoxy) is 1. The van der Waals surface area contributed by atoms with Crippen LogP contribution in [0.4, 0.5) is 0 Å². The molecule has 0 aromatic heterocycles. The first-order chi connectivity index (χ1) is 3.91. The van der Waals surface area contributed by atoms with Gasteiger partial charge in [-0.1, -0.05) is 0 Å². The molecule has 0 amide bonds. The molecule has 0 aliphatic carbocycles. The van der Waals surface area contributed by atoms with Crippen LogP contribution < -0.4 is 5.32 Å². The van der Waals surface area contributed by atoms with E-state index in [1.807, 2.05) is 0 Å². The molecule has 2 nitrogen and oxygen atoms in total. The zero-order valence-electron chi connectivity index (χ0n) is 4.89. The van der Waals surface area contributed by atoms with E-state index in [1.165, 1.54) is 12.8 Å². The summed E-state index contributed by atoms with van der Waals surface area (Å²) in [5.41, 5.74) is 0.335. The molecule has 2 aliphatic rings. The second-order valence-corrected chi connectivity index (χ2v) is 2.64. The average molecular weight is 112 g/mol. The molecule has 0 saturated carbocycles. The van der Waals surface area contributed by atoms with Crippen molar-refractivity contribution < 1.29 is 4.74 Å². The van der Waals surface area contributed by atoms with Crippen molar-refractivity contribution >= 4 is 0 Å². The summed E-state index contributed by atoms with van der Waals surface area (Å²) in [6.45, 7) is 3.06. The summed E-state index contributed by atoms with van der Waals surface area (Å²) in [7, 11) is 0. The van der Waals surface area contributed by atoms with Gasteiger partial charge in [0.25, 0.3) is 0 Å². The lowest BCUT2D eigenvalue weighted by atomic mass is 10.00. The molecule has 2 heteroatoms. The topological polar surface area (TPSA) is 26.6 Å². The van der Waals surface area contributed by atoms with Gasteiger partial charge in [0, 0.05) is 13.1 Å². The SMILES string of the molecule is C1CC2(CC[N]1)CO2. The third kappa shape index (κ3) is 0.644. The number of epoxide rings is 1. The van der Waals surface area contributed by atoms with Crippen LogP contribution in [0.5, 0.6) is 0 Å². The lowest BCUT2D eigenvalue weighted by Crippen LogP contribution is -2.28. The van der Waals surface area contributed by atoms with E-state index < -0.39 is 0 Å². The summed E-state index contributed by atoms with van der Waals surface area (Å²) in [6, 6.07) is 0. The van der Waals surface area contributed by atoms with Crippen LogP contribution in [0.25, 0.3) is 0 Å². The van der Waals surface area contributed by atoms with Crippen molar-refractivity contribution in [3.8, 4) is 0 Å². The predicted molar refractivity (Wildman–Crippen MR) is 29.8 cm³/mol. The predicted octanol–water partition coefficient (Wildman–Crippen LogP) is 0.154. The highest BCUT2D eigenvalue weighted by molar-refractivity contribution is 4.95. The Morgan fingerprint density at radius 2 is 1.88 bits per heavy atom. The van der Waals surface area contributed by atoms with Gasteiger partial charge in [-0.25, -0.2) is 5.32 Å². The molecule has 0 unspecified atom stereocenters. The van der Waals surface area contributed by atoms with Gasteiger partial charge in [-0.15, -0.1) is 0 Å². The van der Waals surface area contributed by atoms with Crippen LogP contribution in [0.1, 0.15) is 12.8 Å². The molecule has 1 spiro atoms. The van der Waals surface area contributed by atoms with Gasteiger partial charge in [0.05, 0.1) is 12.2 Å². The van der Waals surface area contributed by atoms with Gasteiger partial charge < -0.3 is 4.74 Å². The van der Waals surface area contributed by atoms with Gasteiger partial charge in [-0.2, -0.15) is 0 Å². The monoisotopic (exact) mass is 112 g/mol. The van der Waals surface area contributed by atoms with Gasteiger partial charge in [-0.3, -0.25) is 0 Å². The second-order valence-electron chi connectivity index (χ2n) is 2.64. The smallest absolute Gasteiger partial charge is 0.0942 e. The Labute approximate surface area is 49.2 Å². The first kappa shape index (κ1) is 4.77. The van der Waals surface area contributed by atoms with E-state index in [2.05, 4.69) is 5.32 Å². The van der Waals surface area contributed by atoms with E-state index in [-0.39, 0.29) is 0 Å². The highest BCUT2D eigenvalue weighted by Gasteiger charge is 2.45. The maximum Gasteiger partial charge on any atom is 0.0942 e. The fraction of sp³-hybridized carbons (Fsp3) is 1.00. The highest BCUT2D eigenvalue weighted by atomic mass is 16.6. The molecule has 0 bridgehead atoms. The molecular weight excluding hydrogens is 102 g/mol. The van der Waals surface area contributed by atoms with Crippen molar-refractivity contribution in [2.75, 3.05) is 19.7 Å². The fourth-order valence-corrected chi connectivity index (χ4v) is 1.19. The maximum absolute atomic E-state index is 5.28. The van der Waals surface area contributed by atoms with Gasteiger partial charge in [0.1, 0.15) is 0 Å². The largest absolute Gasteiger partial charge is 0.369 e. The van der Waals surface area contributed by atoms with E-state index in [0.29, 0.717) is 5.60 Å². The van der Waals surface area contributed by atoms with Crippen LogP contribution >= 0.6 is 0 Å². The zero-order chi connectivity index (χ0) is 5.45. The molecule has 0 atom stereocenters. The van der Waals surface area contributed by atoms with Gasteiger partial charge >= 0.3 is 0 Å². The summed E-state index contributed by atoms with van der Waals surface area (Å²) in [4.78, 5) is 0. The Morgan fingerprint density at radius 3 is 2.25 bits per heavy atom. The standard InChI is InChI=1S/C6H10NO/c1-3-7-4-2-6(1)5-8-6/h1-5H2. The molecule has 45 valence electrons. The van der Waals surface area contributed by atoms with Crippen LogP contribution in [-0.4, -0.2) is 25.3 Å². The minimum atomic E-state index is 0.335. The Balaban J connectivity index is 1.95. The molecule has 0 aromatic carbocycles. The highest BCUT2D eigenvalue weighted by Crippen LogP contribution is 2.35. The van der Waals surface area contributed by atoms with Crippen molar-refractivity contribution in [2.45, 2.75) is 18.4 Å². The summed E-state index contributed by atoms with van der Waals surface area (Å²) >= 11 is 0. The van der Waals surface area contributed by atoms with E-state index in [1.54, 1.807) is 0 Å². The van der Waals surface area contributed by atoms with Crippen LogP contribution in [0, 0.1) is 0 Å². The Kier molecular flexibility index (Phi) is 0.866. The summed E-state index contributed by atoms with van der Waals surface area (Å²) in [5.74, 6) is 0. The van der Waals surface area contributed by atoms with E-state index in [0.717, 1.165) is 19.7 Å². The lowest BCUT2D eigenvalue weighted by Gasteiger charge is -2.16. The van der Waals surface area contributed by atoms with Crippen molar-refractivity contribution in [1.82, 2.24) is 5.32 Å². The third-order valence-electron chi connectivity index (χ3n) is 2.00. The lowest BCUT2D eigenvalue weighted by molar-refractivity contribution is 0.244. The molecule has 2 heterocycles. The molecule has 0 aromatic rings. The van der Waals surface area contributed by atoms with Crippen LogP contribution in [0.15, 0.2) is 0 Å². The van der Waals surface area contributed by atoms with Crippen LogP contribution in [-0.2, 0) is 4.74 Å². The van der Waals surface area contributed by atoms with E-state index in [4.69, 9.17) is 4.74 Å². The van der Waals surface area contributed by atoms with Crippen molar-refractivity contribution in [3.05, 3.63) is 0 Å². The molecule has 8 heavy (non-hydrogen) atoms. The molecule has 2 rings (SSSR count). The van der Waals surface area contributed by atoms with Crippen molar-refractivity contribution in [1.29, 1.82) is 0 Å². The summed E-state index contributed by atoms with van der Waals surface area (Å²) in [5, 5.41) is 4.23. The second kappa shape index (κ2) is 1.45. The van der Waals surface area contributed by atoms with E-state index in [9.17, 15) is 0 Å². The van der Waals surface area contributed by atoms with Crippen LogP contribution in [0.2, 0.25) is 0 Å². The van der Waals surface area contributed by atoms with E-state index >= 15 is 0 Å². The normalized spacial score (nSPS) is 33.0. The summed E-state index contributed by atoms with van der Waals surface area (Å²) in [6.07, 6.45) is 2.35. The van der Waals surface area contributed by atoms with Gasteiger partial charge in [0.15, 0.2) is 0 Å². The minimum absolute atomic E-state index is 0.335. The quantitative estimate of drug-likeness (QED) is 0.410. The van der Waals surface area contributed by atoms with Gasteiger partial charge in [0.2, 0.25) is 0 Å². The molecule has 0 N–H and O–H groups in total. The molecule has 2 fully saturated rings. The zero-order valence-corrected chi connectivity index (χ0v) is 4.89. The molecule has 2 aliphatic heterocycles. The average Bonchev–Trinajstić information content (AvgIpc) is 2.52. The van der Waals surface area contributed by atoms with Gasteiger partial charge in [-0.05, 0) is 12.8 Å². The minimum Gasteiger partial charge on any atom is -0.369 e. The first-order valence-corrected chi connectivity index (χ1v) is 3.19. The maximum atomic E-state index is 5.28. The Bertz CT molecular complexity index is 90.7. The van der Waals surface area contributed by atoms with Crippen LogP contribution in [0.3, 0.4) is 0 Å². The van der Waals surface area contributed by atoms with Crippen molar-refractivity contribution in [2.24, 2.45) is 0 Å². The number of nitrogens with zero attached hydrogens (tertiary/aromatic N) is 1. The molecule has 2 saturated heterocycles. The first-order valence-electron chi connectivity index (χ1n) is 3.19. The number of hydrogen-bond acceptors (Lipinski definition) is 1. The Hall–Kier alpha value is -0.0800. The molecule has 1 radical (unpaired) electrons. The molecular formula is C6H10NO. The number of piperidine rings is 1.